The quantitative estimate of drug-likeness (QED) is 0.787. The van der Waals surface area contributed by atoms with Crippen LogP contribution in [0.1, 0.15) is 23.7 Å². The molecule has 1 unspecified atom stereocenters. The lowest BCUT2D eigenvalue weighted by atomic mass is 10.1. The molecule has 2 aromatic heterocycles. The molecule has 0 aromatic carbocycles. The third-order valence-electron chi connectivity index (χ3n) is 3.29. The van der Waals surface area contributed by atoms with E-state index >= 15 is 0 Å². The van der Waals surface area contributed by atoms with Crippen LogP contribution in [-0.2, 0) is 0 Å². The van der Waals surface area contributed by atoms with Crippen LogP contribution in [0.3, 0.4) is 0 Å². The molecule has 0 saturated carbocycles. The first-order valence-electron chi connectivity index (χ1n) is 5.86. The standard InChI is InChI=1S/C12H14N4O2/c1-12(18)2-4-15(8-12)11(17)9-6-14-16-5-3-13-7-10(9)16/h3,5-7,18H,2,4,8H2,1H3. The van der Waals surface area contributed by atoms with Crippen molar-refractivity contribution in [3.63, 3.8) is 0 Å². The fraction of sp³-hybridized carbons (Fsp3) is 0.417. The summed E-state index contributed by atoms with van der Waals surface area (Å²) in [6.45, 7) is 2.69. The van der Waals surface area contributed by atoms with Gasteiger partial charge in [-0.1, -0.05) is 0 Å². The van der Waals surface area contributed by atoms with Crippen LogP contribution in [0.15, 0.2) is 24.8 Å². The van der Waals surface area contributed by atoms with Gasteiger partial charge in [0.15, 0.2) is 0 Å². The van der Waals surface area contributed by atoms with Crippen molar-refractivity contribution in [1.29, 1.82) is 0 Å². The minimum absolute atomic E-state index is 0.101. The maximum Gasteiger partial charge on any atom is 0.257 e. The van der Waals surface area contributed by atoms with Gasteiger partial charge in [-0.25, -0.2) is 4.52 Å². The summed E-state index contributed by atoms with van der Waals surface area (Å²) in [5, 5.41) is 14.0. The lowest BCUT2D eigenvalue weighted by Gasteiger charge is -2.18. The molecule has 6 heteroatoms. The van der Waals surface area contributed by atoms with E-state index in [4.69, 9.17) is 0 Å². The Balaban J connectivity index is 1.93. The molecule has 1 fully saturated rings. The predicted molar refractivity (Wildman–Crippen MR) is 64.1 cm³/mol. The van der Waals surface area contributed by atoms with Gasteiger partial charge < -0.3 is 10.0 Å². The minimum Gasteiger partial charge on any atom is -0.388 e. The lowest BCUT2D eigenvalue weighted by Crippen LogP contribution is -2.33. The highest BCUT2D eigenvalue weighted by molar-refractivity contribution is 6.00. The Morgan fingerprint density at radius 1 is 1.50 bits per heavy atom. The molecule has 18 heavy (non-hydrogen) atoms. The summed E-state index contributed by atoms with van der Waals surface area (Å²) < 4.78 is 1.62. The second-order valence-corrected chi connectivity index (χ2v) is 4.94. The van der Waals surface area contributed by atoms with Crippen molar-refractivity contribution in [3.05, 3.63) is 30.4 Å². The number of amides is 1. The molecule has 0 radical (unpaired) electrons. The zero-order valence-corrected chi connectivity index (χ0v) is 10.1. The number of aliphatic hydroxyl groups is 1. The van der Waals surface area contributed by atoms with E-state index in [1.165, 1.54) is 0 Å². The molecule has 1 aliphatic rings. The van der Waals surface area contributed by atoms with E-state index in [-0.39, 0.29) is 5.91 Å². The summed E-state index contributed by atoms with van der Waals surface area (Å²) in [5.41, 5.74) is 0.437. The molecular formula is C12H14N4O2. The molecule has 3 rings (SSSR count). The van der Waals surface area contributed by atoms with Gasteiger partial charge in [0.2, 0.25) is 0 Å². The Kier molecular flexibility index (Phi) is 2.34. The summed E-state index contributed by atoms with van der Waals surface area (Å²) in [7, 11) is 0. The Bertz CT molecular complexity index is 605. The van der Waals surface area contributed by atoms with Gasteiger partial charge in [-0.2, -0.15) is 5.10 Å². The van der Waals surface area contributed by atoms with E-state index in [0.29, 0.717) is 30.6 Å². The van der Waals surface area contributed by atoms with Gasteiger partial charge in [0.25, 0.3) is 5.91 Å². The number of rotatable bonds is 1. The van der Waals surface area contributed by atoms with Crippen molar-refractivity contribution in [2.75, 3.05) is 13.1 Å². The summed E-state index contributed by atoms with van der Waals surface area (Å²) in [6, 6.07) is 0. The van der Waals surface area contributed by atoms with Crippen LogP contribution in [0, 0.1) is 0 Å². The van der Waals surface area contributed by atoms with Gasteiger partial charge >= 0.3 is 0 Å². The summed E-state index contributed by atoms with van der Waals surface area (Å²) >= 11 is 0. The SMILES string of the molecule is CC1(O)CCN(C(=O)c2cnn3ccncc23)C1. The minimum atomic E-state index is -0.781. The predicted octanol–water partition coefficient (Wildman–Crippen LogP) is 0.326. The third-order valence-corrected chi connectivity index (χ3v) is 3.29. The Morgan fingerprint density at radius 3 is 3.06 bits per heavy atom. The number of hydrogen-bond donors (Lipinski definition) is 1. The molecule has 0 spiro atoms. The summed E-state index contributed by atoms with van der Waals surface area (Å²) in [5.74, 6) is -0.101. The number of hydrogen-bond acceptors (Lipinski definition) is 4. The number of carbonyl (C=O) groups excluding carboxylic acids is 1. The number of fused-ring (bicyclic) bond motifs is 1. The molecule has 94 valence electrons. The van der Waals surface area contributed by atoms with Crippen LogP contribution in [0.2, 0.25) is 0 Å². The topological polar surface area (TPSA) is 70.7 Å². The fourth-order valence-electron chi connectivity index (χ4n) is 2.29. The van der Waals surface area contributed by atoms with Crippen molar-refractivity contribution in [2.24, 2.45) is 0 Å². The maximum atomic E-state index is 12.3. The van der Waals surface area contributed by atoms with Gasteiger partial charge in [0.05, 0.1) is 29.1 Å². The first kappa shape index (κ1) is 11.2. The van der Waals surface area contributed by atoms with Gasteiger partial charge in [0, 0.05) is 25.5 Å². The highest BCUT2D eigenvalue weighted by atomic mass is 16.3. The van der Waals surface area contributed by atoms with Gasteiger partial charge in [-0.15, -0.1) is 0 Å². The highest BCUT2D eigenvalue weighted by Gasteiger charge is 2.35. The second kappa shape index (κ2) is 3.78. The number of aromatic nitrogens is 3. The van der Waals surface area contributed by atoms with Crippen LogP contribution in [0.25, 0.3) is 5.52 Å². The first-order chi connectivity index (χ1) is 8.57. The summed E-state index contributed by atoms with van der Waals surface area (Å²) in [4.78, 5) is 18.0. The molecular weight excluding hydrogens is 232 g/mol. The van der Waals surface area contributed by atoms with E-state index in [1.54, 1.807) is 41.1 Å². The van der Waals surface area contributed by atoms with Crippen LogP contribution < -0.4 is 0 Å². The van der Waals surface area contributed by atoms with Gasteiger partial charge in [0.1, 0.15) is 0 Å². The number of β-amino-alcohol motifs (C(OH)–C–C–N with tert-alkyl or cyclic N) is 1. The Hall–Kier alpha value is -1.95. The molecule has 1 aliphatic heterocycles. The molecule has 6 nitrogen and oxygen atoms in total. The molecule has 1 saturated heterocycles. The van der Waals surface area contributed by atoms with Crippen LogP contribution in [0.4, 0.5) is 0 Å². The molecule has 2 aromatic rings. The zero-order valence-electron chi connectivity index (χ0n) is 10.1. The Labute approximate surface area is 104 Å². The van der Waals surface area contributed by atoms with Gasteiger partial charge in [-0.05, 0) is 13.3 Å². The normalized spacial score (nSPS) is 23.8. The molecule has 1 atom stereocenters. The number of nitrogens with zero attached hydrogens (tertiary/aromatic N) is 4. The number of carbonyl (C=O) groups is 1. The van der Waals surface area contributed by atoms with Crippen LogP contribution in [0.5, 0.6) is 0 Å². The average Bonchev–Trinajstić information content (AvgIpc) is 2.91. The molecule has 1 amide bonds. The van der Waals surface area contributed by atoms with Crippen molar-refractivity contribution in [2.45, 2.75) is 18.9 Å². The highest BCUT2D eigenvalue weighted by Crippen LogP contribution is 2.23. The van der Waals surface area contributed by atoms with Crippen molar-refractivity contribution >= 4 is 11.4 Å². The molecule has 3 heterocycles. The fourth-order valence-corrected chi connectivity index (χ4v) is 2.29. The van der Waals surface area contributed by atoms with Crippen LogP contribution >= 0.6 is 0 Å². The van der Waals surface area contributed by atoms with Crippen molar-refractivity contribution in [1.82, 2.24) is 19.5 Å². The maximum absolute atomic E-state index is 12.3. The van der Waals surface area contributed by atoms with Crippen molar-refractivity contribution < 1.29 is 9.90 Å². The van der Waals surface area contributed by atoms with Crippen molar-refractivity contribution in [3.8, 4) is 0 Å². The second-order valence-electron chi connectivity index (χ2n) is 4.94. The average molecular weight is 246 g/mol. The van der Waals surface area contributed by atoms with E-state index < -0.39 is 5.60 Å². The lowest BCUT2D eigenvalue weighted by molar-refractivity contribution is 0.0573. The number of likely N-dealkylation sites (tertiary alicyclic amines) is 1. The molecule has 0 aliphatic carbocycles. The monoisotopic (exact) mass is 246 g/mol. The third kappa shape index (κ3) is 1.74. The van der Waals surface area contributed by atoms with E-state index in [1.807, 2.05) is 0 Å². The first-order valence-corrected chi connectivity index (χ1v) is 5.86. The summed E-state index contributed by atoms with van der Waals surface area (Å²) in [6.07, 6.45) is 7.10. The Morgan fingerprint density at radius 2 is 2.33 bits per heavy atom. The van der Waals surface area contributed by atoms with Crippen LogP contribution in [-0.4, -0.2) is 49.2 Å². The largest absolute Gasteiger partial charge is 0.388 e. The molecule has 1 N–H and O–H groups in total. The van der Waals surface area contributed by atoms with E-state index in [9.17, 15) is 9.90 Å². The smallest absolute Gasteiger partial charge is 0.257 e. The van der Waals surface area contributed by atoms with Gasteiger partial charge in [-0.3, -0.25) is 9.78 Å². The molecule has 0 bridgehead atoms. The van der Waals surface area contributed by atoms with E-state index in [2.05, 4.69) is 10.1 Å². The van der Waals surface area contributed by atoms with E-state index in [0.717, 1.165) is 0 Å². The zero-order chi connectivity index (χ0) is 12.8.